The minimum Gasteiger partial charge on any atom is -0.348 e. The van der Waals surface area contributed by atoms with Crippen LogP contribution in [0, 0.1) is 0 Å². The van der Waals surface area contributed by atoms with Crippen molar-refractivity contribution in [3.8, 4) is 0 Å². The molecule has 3 aromatic rings. The normalized spacial score (nSPS) is 11.1. The van der Waals surface area contributed by atoms with Crippen molar-refractivity contribution in [3.63, 3.8) is 0 Å². The zero-order valence-corrected chi connectivity index (χ0v) is 16.9. The molecule has 0 bridgehead atoms. The summed E-state index contributed by atoms with van der Waals surface area (Å²) in [6.45, 7) is 0.362. The number of rotatable bonds is 6. The molecule has 144 valence electrons. The molecule has 0 saturated heterocycles. The van der Waals surface area contributed by atoms with Gasteiger partial charge in [0, 0.05) is 11.6 Å². The van der Waals surface area contributed by atoms with Gasteiger partial charge in [-0.25, -0.2) is 8.42 Å². The molecule has 0 aliphatic rings. The smallest absolute Gasteiger partial charge is 0.261 e. The molecule has 0 aliphatic carbocycles. The number of carbonyl (C=O) groups is 1. The molecule has 0 fully saturated rings. The molecule has 0 aliphatic heterocycles. The van der Waals surface area contributed by atoms with Gasteiger partial charge in [0.25, 0.3) is 15.9 Å². The predicted molar refractivity (Wildman–Crippen MR) is 111 cm³/mol. The van der Waals surface area contributed by atoms with E-state index >= 15 is 0 Å². The summed E-state index contributed by atoms with van der Waals surface area (Å²) in [4.78, 5) is 12.4. The Labute approximate surface area is 173 Å². The molecule has 8 heteroatoms. The Morgan fingerprint density at radius 3 is 2.21 bits per heavy atom. The van der Waals surface area contributed by atoms with Crippen molar-refractivity contribution >= 4 is 44.8 Å². The highest BCUT2D eigenvalue weighted by molar-refractivity contribution is 7.92. The summed E-state index contributed by atoms with van der Waals surface area (Å²) in [6.07, 6.45) is 0. The molecule has 0 unspecified atom stereocenters. The van der Waals surface area contributed by atoms with E-state index in [4.69, 9.17) is 23.2 Å². The summed E-state index contributed by atoms with van der Waals surface area (Å²) in [5.74, 6) is -0.346. The van der Waals surface area contributed by atoms with Crippen LogP contribution in [0.3, 0.4) is 0 Å². The van der Waals surface area contributed by atoms with Gasteiger partial charge in [0.1, 0.15) is 0 Å². The zero-order valence-electron chi connectivity index (χ0n) is 14.5. The van der Waals surface area contributed by atoms with E-state index in [1.165, 1.54) is 42.5 Å². The van der Waals surface area contributed by atoms with Gasteiger partial charge >= 0.3 is 0 Å². The van der Waals surface area contributed by atoms with Gasteiger partial charge in [-0.15, -0.1) is 0 Å². The van der Waals surface area contributed by atoms with Gasteiger partial charge < -0.3 is 5.32 Å². The lowest BCUT2D eigenvalue weighted by Gasteiger charge is -2.11. The highest BCUT2D eigenvalue weighted by Crippen LogP contribution is 2.24. The Hall–Kier alpha value is -2.54. The molecule has 0 saturated carbocycles. The molecule has 2 N–H and O–H groups in total. The lowest BCUT2D eigenvalue weighted by molar-refractivity contribution is 0.0951. The summed E-state index contributed by atoms with van der Waals surface area (Å²) in [6, 6.07) is 19.6. The van der Waals surface area contributed by atoms with Crippen molar-refractivity contribution in [2.75, 3.05) is 4.72 Å². The average Bonchev–Trinajstić information content (AvgIpc) is 2.67. The summed E-state index contributed by atoms with van der Waals surface area (Å²) >= 11 is 12.0. The number of hydrogen-bond donors (Lipinski definition) is 2. The van der Waals surface area contributed by atoms with Gasteiger partial charge in [0.15, 0.2) is 0 Å². The number of sulfonamides is 1. The van der Waals surface area contributed by atoms with Crippen LogP contribution < -0.4 is 10.0 Å². The molecule has 0 atom stereocenters. The molecule has 5 nitrogen and oxygen atoms in total. The SMILES string of the molecule is O=C(NCc1ccccc1)c1ccc(NS(=O)(=O)c2ccc(Cl)cc2)cc1Cl. The van der Waals surface area contributed by atoms with E-state index < -0.39 is 10.0 Å². The summed E-state index contributed by atoms with van der Waals surface area (Å²) in [7, 11) is -3.79. The van der Waals surface area contributed by atoms with Crippen LogP contribution in [0.1, 0.15) is 15.9 Å². The fraction of sp³-hybridized carbons (Fsp3) is 0.0500. The maximum Gasteiger partial charge on any atom is 0.261 e. The maximum absolute atomic E-state index is 12.4. The second-order valence-electron chi connectivity index (χ2n) is 5.92. The van der Waals surface area contributed by atoms with Crippen LogP contribution in [0.4, 0.5) is 5.69 Å². The van der Waals surface area contributed by atoms with Crippen molar-refractivity contribution in [2.24, 2.45) is 0 Å². The van der Waals surface area contributed by atoms with Crippen LogP contribution in [0.2, 0.25) is 10.0 Å². The summed E-state index contributed by atoms with van der Waals surface area (Å²) < 4.78 is 27.3. The number of carbonyl (C=O) groups excluding carboxylic acids is 1. The predicted octanol–water partition coefficient (Wildman–Crippen LogP) is 4.72. The average molecular weight is 435 g/mol. The van der Waals surface area contributed by atoms with Crippen molar-refractivity contribution in [2.45, 2.75) is 11.4 Å². The van der Waals surface area contributed by atoms with E-state index in [1.54, 1.807) is 0 Å². The standard InChI is InChI=1S/C20H16Cl2N2O3S/c21-15-6-9-17(10-7-15)28(26,27)24-16-8-11-18(19(22)12-16)20(25)23-13-14-4-2-1-3-5-14/h1-12,24H,13H2,(H,23,25). The van der Waals surface area contributed by atoms with Gasteiger partial charge in [0.05, 0.1) is 21.2 Å². The fourth-order valence-electron chi connectivity index (χ4n) is 2.46. The van der Waals surface area contributed by atoms with Crippen LogP contribution in [-0.2, 0) is 16.6 Å². The van der Waals surface area contributed by atoms with Crippen molar-refractivity contribution in [1.82, 2.24) is 5.32 Å². The Kier molecular flexibility index (Phi) is 6.24. The highest BCUT2D eigenvalue weighted by atomic mass is 35.5. The molecule has 0 aromatic heterocycles. The molecule has 1 amide bonds. The first-order chi connectivity index (χ1) is 13.3. The third kappa shape index (κ3) is 5.04. The van der Waals surface area contributed by atoms with E-state index in [1.807, 2.05) is 30.3 Å². The number of nitrogens with one attached hydrogen (secondary N) is 2. The second-order valence-corrected chi connectivity index (χ2v) is 8.45. The van der Waals surface area contributed by atoms with Gasteiger partial charge in [-0.3, -0.25) is 9.52 Å². The first-order valence-electron chi connectivity index (χ1n) is 8.25. The van der Waals surface area contributed by atoms with Crippen LogP contribution >= 0.6 is 23.2 Å². The van der Waals surface area contributed by atoms with Crippen molar-refractivity contribution < 1.29 is 13.2 Å². The number of anilines is 1. The maximum atomic E-state index is 12.4. The largest absolute Gasteiger partial charge is 0.348 e. The van der Waals surface area contributed by atoms with Crippen molar-refractivity contribution in [3.05, 3.63) is 94.0 Å². The molecule has 3 rings (SSSR count). The fourth-order valence-corrected chi connectivity index (χ4v) is 3.91. The number of benzene rings is 3. The first-order valence-corrected chi connectivity index (χ1v) is 10.5. The Morgan fingerprint density at radius 2 is 1.57 bits per heavy atom. The molecule has 28 heavy (non-hydrogen) atoms. The Morgan fingerprint density at radius 1 is 0.893 bits per heavy atom. The first kappa shape index (κ1) is 20.2. The van der Waals surface area contributed by atoms with E-state index in [0.29, 0.717) is 11.6 Å². The second kappa shape index (κ2) is 8.65. The number of amides is 1. The number of hydrogen-bond acceptors (Lipinski definition) is 3. The van der Waals surface area contributed by atoms with Crippen LogP contribution in [0.25, 0.3) is 0 Å². The zero-order chi connectivity index (χ0) is 20.1. The molecular weight excluding hydrogens is 419 g/mol. The van der Waals surface area contributed by atoms with Crippen molar-refractivity contribution in [1.29, 1.82) is 0 Å². The minimum absolute atomic E-state index is 0.0673. The lowest BCUT2D eigenvalue weighted by atomic mass is 10.2. The summed E-state index contributed by atoms with van der Waals surface area (Å²) in [5, 5.41) is 3.36. The molecular formula is C20H16Cl2N2O3S. The van der Waals surface area contributed by atoms with E-state index in [9.17, 15) is 13.2 Å². The Bertz CT molecular complexity index is 1090. The van der Waals surface area contributed by atoms with Gasteiger partial charge in [0.2, 0.25) is 0 Å². The lowest BCUT2D eigenvalue weighted by Crippen LogP contribution is -2.23. The van der Waals surface area contributed by atoms with Crippen LogP contribution in [-0.4, -0.2) is 14.3 Å². The van der Waals surface area contributed by atoms with Gasteiger partial charge in [-0.1, -0.05) is 53.5 Å². The van der Waals surface area contributed by atoms with Crippen LogP contribution in [0.15, 0.2) is 77.7 Å². The quantitative estimate of drug-likeness (QED) is 0.588. The monoisotopic (exact) mass is 434 g/mol. The molecule has 3 aromatic carbocycles. The van der Waals surface area contributed by atoms with Gasteiger partial charge in [-0.2, -0.15) is 0 Å². The highest BCUT2D eigenvalue weighted by Gasteiger charge is 2.16. The molecule has 0 heterocycles. The third-order valence-electron chi connectivity index (χ3n) is 3.89. The third-order valence-corrected chi connectivity index (χ3v) is 5.85. The summed E-state index contributed by atoms with van der Waals surface area (Å²) in [5.41, 5.74) is 1.46. The topological polar surface area (TPSA) is 75.3 Å². The van der Waals surface area contributed by atoms with Crippen LogP contribution in [0.5, 0.6) is 0 Å². The van der Waals surface area contributed by atoms with E-state index in [-0.39, 0.29) is 27.1 Å². The van der Waals surface area contributed by atoms with E-state index in [0.717, 1.165) is 5.56 Å². The molecule has 0 spiro atoms. The number of halogens is 2. The minimum atomic E-state index is -3.79. The Balaban J connectivity index is 1.71. The van der Waals surface area contributed by atoms with Gasteiger partial charge in [-0.05, 0) is 48.0 Å². The molecule has 0 radical (unpaired) electrons. The van der Waals surface area contributed by atoms with E-state index in [2.05, 4.69) is 10.0 Å².